The summed E-state index contributed by atoms with van der Waals surface area (Å²) in [4.78, 5) is 21.0. The number of aromatic nitrogens is 4. The van der Waals surface area contributed by atoms with Crippen LogP contribution in [0.1, 0.15) is 35.4 Å². The summed E-state index contributed by atoms with van der Waals surface area (Å²) in [5.41, 5.74) is 3.69. The molecule has 0 spiro atoms. The number of carbonyl (C=O) groups is 1. The summed E-state index contributed by atoms with van der Waals surface area (Å²) in [5, 5.41) is 7.61. The van der Waals surface area contributed by atoms with E-state index in [-0.39, 0.29) is 5.91 Å². The molecule has 1 N–H and O–H groups in total. The van der Waals surface area contributed by atoms with Crippen molar-refractivity contribution in [3.63, 3.8) is 0 Å². The highest BCUT2D eigenvalue weighted by atomic mass is 35.5. The lowest BCUT2D eigenvalue weighted by Gasteiger charge is -2.13. The molecule has 0 radical (unpaired) electrons. The SMILES string of the molecule is Cc1nc2ncnn2c(C)c1CCC(=O)NCc1cc(Cl)c2c(c1)OCCCO2. The molecule has 0 fully saturated rings. The lowest BCUT2D eigenvalue weighted by atomic mass is 10.1. The first-order valence-corrected chi connectivity index (χ1v) is 9.91. The largest absolute Gasteiger partial charge is 0.489 e. The highest BCUT2D eigenvalue weighted by Crippen LogP contribution is 2.37. The number of nitrogens with one attached hydrogen (secondary N) is 1. The van der Waals surface area contributed by atoms with E-state index in [4.69, 9.17) is 21.1 Å². The van der Waals surface area contributed by atoms with Gasteiger partial charge < -0.3 is 14.8 Å². The minimum atomic E-state index is -0.0503. The Balaban J connectivity index is 1.39. The fourth-order valence-electron chi connectivity index (χ4n) is 3.43. The Bertz CT molecular complexity index is 1070. The second-order valence-electron chi connectivity index (χ2n) is 6.97. The predicted octanol–water partition coefficient (Wildman–Crippen LogP) is 2.80. The van der Waals surface area contributed by atoms with E-state index in [1.807, 2.05) is 19.9 Å². The molecule has 1 aromatic carbocycles. The second-order valence-corrected chi connectivity index (χ2v) is 7.37. The standard InChI is InChI=1S/C20H22ClN5O3/c1-12-15(13(2)26-20(25-12)23-11-24-26)4-5-18(27)22-10-14-8-16(21)19-17(9-14)28-6-3-7-29-19/h8-9,11H,3-7,10H2,1-2H3,(H,22,27). The number of amides is 1. The summed E-state index contributed by atoms with van der Waals surface area (Å²) in [6, 6.07) is 3.66. The van der Waals surface area contributed by atoms with E-state index in [0.717, 1.165) is 28.9 Å². The van der Waals surface area contributed by atoms with Gasteiger partial charge in [-0.25, -0.2) is 9.50 Å². The van der Waals surface area contributed by atoms with Gasteiger partial charge in [-0.15, -0.1) is 0 Å². The average Bonchev–Trinajstić information content (AvgIpc) is 3.02. The highest BCUT2D eigenvalue weighted by molar-refractivity contribution is 6.32. The minimum Gasteiger partial charge on any atom is -0.489 e. The number of hydrogen-bond acceptors (Lipinski definition) is 6. The van der Waals surface area contributed by atoms with Gasteiger partial charge >= 0.3 is 0 Å². The molecule has 1 aliphatic heterocycles. The Morgan fingerprint density at radius 2 is 2.10 bits per heavy atom. The quantitative estimate of drug-likeness (QED) is 0.689. The van der Waals surface area contributed by atoms with Gasteiger partial charge in [-0.1, -0.05) is 11.6 Å². The van der Waals surface area contributed by atoms with Gasteiger partial charge in [0.1, 0.15) is 6.33 Å². The van der Waals surface area contributed by atoms with Crippen LogP contribution >= 0.6 is 11.6 Å². The molecule has 3 heterocycles. The molecule has 0 atom stereocenters. The highest BCUT2D eigenvalue weighted by Gasteiger charge is 2.16. The Hall–Kier alpha value is -2.87. The first-order valence-electron chi connectivity index (χ1n) is 9.53. The Labute approximate surface area is 173 Å². The van der Waals surface area contributed by atoms with Crippen molar-refractivity contribution in [3.05, 3.63) is 46.0 Å². The normalized spacial score (nSPS) is 13.3. The molecule has 1 aliphatic rings. The molecule has 0 aliphatic carbocycles. The number of carbonyl (C=O) groups excluding carboxylic acids is 1. The number of ether oxygens (including phenoxy) is 2. The van der Waals surface area contributed by atoms with Crippen LogP contribution in [-0.2, 0) is 17.8 Å². The number of fused-ring (bicyclic) bond motifs is 2. The summed E-state index contributed by atoms with van der Waals surface area (Å²) >= 11 is 6.31. The van der Waals surface area contributed by atoms with Crippen molar-refractivity contribution >= 4 is 23.3 Å². The van der Waals surface area contributed by atoms with E-state index in [9.17, 15) is 4.79 Å². The van der Waals surface area contributed by atoms with Gasteiger partial charge in [-0.3, -0.25) is 4.79 Å². The number of aryl methyl sites for hydroxylation is 2. The van der Waals surface area contributed by atoms with Crippen LogP contribution in [0.2, 0.25) is 5.02 Å². The van der Waals surface area contributed by atoms with Gasteiger partial charge in [0, 0.05) is 30.8 Å². The maximum absolute atomic E-state index is 12.4. The van der Waals surface area contributed by atoms with E-state index < -0.39 is 0 Å². The minimum absolute atomic E-state index is 0.0503. The Morgan fingerprint density at radius 3 is 2.97 bits per heavy atom. The first kappa shape index (κ1) is 19.4. The van der Waals surface area contributed by atoms with Crippen LogP contribution in [0.3, 0.4) is 0 Å². The van der Waals surface area contributed by atoms with Crippen molar-refractivity contribution in [2.45, 2.75) is 39.7 Å². The molecule has 0 bridgehead atoms. The van der Waals surface area contributed by atoms with Crippen molar-refractivity contribution in [2.24, 2.45) is 0 Å². The predicted molar refractivity (Wildman–Crippen MR) is 107 cm³/mol. The van der Waals surface area contributed by atoms with Gasteiger partial charge in [0.05, 0.1) is 18.2 Å². The molecule has 0 unspecified atom stereocenters. The van der Waals surface area contributed by atoms with Crippen LogP contribution in [0.5, 0.6) is 11.5 Å². The summed E-state index contributed by atoms with van der Waals surface area (Å²) < 4.78 is 13.0. The molecule has 1 amide bonds. The maximum atomic E-state index is 12.4. The Morgan fingerprint density at radius 1 is 1.28 bits per heavy atom. The topological polar surface area (TPSA) is 90.6 Å². The monoisotopic (exact) mass is 415 g/mol. The smallest absolute Gasteiger partial charge is 0.252 e. The van der Waals surface area contributed by atoms with Crippen LogP contribution in [0.25, 0.3) is 5.78 Å². The average molecular weight is 416 g/mol. The third kappa shape index (κ3) is 4.12. The molecule has 3 aromatic rings. The summed E-state index contributed by atoms with van der Waals surface area (Å²) in [5.74, 6) is 1.71. The number of rotatable bonds is 5. The van der Waals surface area contributed by atoms with Gasteiger partial charge in [0.25, 0.3) is 5.78 Å². The molecular weight excluding hydrogens is 394 g/mol. The van der Waals surface area contributed by atoms with E-state index in [0.29, 0.717) is 54.9 Å². The molecular formula is C20H22ClN5O3. The van der Waals surface area contributed by atoms with E-state index in [1.165, 1.54) is 6.33 Å². The third-order valence-electron chi connectivity index (χ3n) is 4.94. The lowest BCUT2D eigenvalue weighted by molar-refractivity contribution is -0.121. The van der Waals surface area contributed by atoms with Gasteiger partial charge in [0.2, 0.25) is 5.91 Å². The molecule has 4 rings (SSSR count). The summed E-state index contributed by atoms with van der Waals surface area (Å²) in [6.07, 6.45) is 3.22. The lowest BCUT2D eigenvalue weighted by Crippen LogP contribution is -2.23. The van der Waals surface area contributed by atoms with E-state index in [2.05, 4.69) is 20.4 Å². The van der Waals surface area contributed by atoms with Crippen LogP contribution in [0.4, 0.5) is 0 Å². The van der Waals surface area contributed by atoms with Crippen molar-refractivity contribution in [2.75, 3.05) is 13.2 Å². The molecule has 2 aromatic heterocycles. The van der Waals surface area contributed by atoms with Crippen LogP contribution < -0.4 is 14.8 Å². The molecule has 9 heteroatoms. The van der Waals surface area contributed by atoms with Crippen molar-refractivity contribution in [3.8, 4) is 11.5 Å². The summed E-state index contributed by atoms with van der Waals surface area (Å²) in [7, 11) is 0. The number of hydrogen-bond donors (Lipinski definition) is 1. The van der Waals surface area contributed by atoms with Gasteiger partial charge in [0.15, 0.2) is 11.5 Å². The third-order valence-corrected chi connectivity index (χ3v) is 5.22. The molecule has 8 nitrogen and oxygen atoms in total. The van der Waals surface area contributed by atoms with Crippen LogP contribution in [-0.4, -0.2) is 38.7 Å². The van der Waals surface area contributed by atoms with Crippen molar-refractivity contribution in [1.82, 2.24) is 24.9 Å². The van der Waals surface area contributed by atoms with Crippen molar-refractivity contribution in [1.29, 1.82) is 0 Å². The maximum Gasteiger partial charge on any atom is 0.252 e. The van der Waals surface area contributed by atoms with Gasteiger partial charge in [-0.2, -0.15) is 10.1 Å². The van der Waals surface area contributed by atoms with Crippen LogP contribution in [0, 0.1) is 13.8 Å². The fraction of sp³-hybridized carbons (Fsp3) is 0.400. The number of nitrogens with zero attached hydrogens (tertiary/aromatic N) is 4. The van der Waals surface area contributed by atoms with Gasteiger partial charge in [-0.05, 0) is 43.5 Å². The van der Waals surface area contributed by atoms with E-state index in [1.54, 1.807) is 10.6 Å². The first-order chi connectivity index (χ1) is 14.0. The second kappa shape index (κ2) is 8.24. The molecule has 29 heavy (non-hydrogen) atoms. The Kier molecular flexibility index (Phi) is 5.53. The van der Waals surface area contributed by atoms with Crippen LogP contribution in [0.15, 0.2) is 18.5 Å². The molecule has 152 valence electrons. The zero-order valence-electron chi connectivity index (χ0n) is 16.4. The zero-order valence-corrected chi connectivity index (χ0v) is 17.1. The van der Waals surface area contributed by atoms with E-state index >= 15 is 0 Å². The summed E-state index contributed by atoms with van der Waals surface area (Å²) in [6.45, 7) is 5.42. The number of benzene rings is 1. The van der Waals surface area contributed by atoms with Crippen molar-refractivity contribution < 1.29 is 14.3 Å². The fourth-order valence-corrected chi connectivity index (χ4v) is 3.72. The molecule has 0 saturated heterocycles. The zero-order chi connectivity index (χ0) is 20.4. The number of halogens is 1. The molecule has 0 saturated carbocycles.